The molecule has 0 aliphatic carbocycles. The quantitative estimate of drug-likeness (QED) is 0.562. The monoisotopic (exact) mass is 405 g/mol. The van der Waals surface area contributed by atoms with E-state index in [1.807, 2.05) is 0 Å². The minimum atomic E-state index is -3.68. The van der Waals surface area contributed by atoms with E-state index in [1.54, 1.807) is 51.1 Å². The zero-order chi connectivity index (χ0) is 20.8. The summed E-state index contributed by atoms with van der Waals surface area (Å²) in [5.74, 6) is -1.14. The van der Waals surface area contributed by atoms with Crippen molar-refractivity contribution in [1.29, 1.82) is 0 Å². The van der Waals surface area contributed by atoms with Crippen LogP contribution in [0.2, 0.25) is 0 Å². The number of carbonyl (C=O) groups excluding carboxylic acids is 2. The second kappa shape index (κ2) is 8.99. The number of benzene rings is 2. The predicted molar refractivity (Wildman–Crippen MR) is 104 cm³/mol. The third kappa shape index (κ3) is 6.47. The first-order chi connectivity index (χ1) is 13.1. The molecule has 0 aromatic heterocycles. The van der Waals surface area contributed by atoms with Gasteiger partial charge in [0.1, 0.15) is 13.2 Å². The maximum absolute atomic E-state index is 12.2. The zero-order valence-corrected chi connectivity index (χ0v) is 16.8. The van der Waals surface area contributed by atoms with Crippen molar-refractivity contribution in [3.05, 3.63) is 65.7 Å². The molecule has 0 amide bonds. The summed E-state index contributed by atoms with van der Waals surface area (Å²) in [4.78, 5) is 23.8. The number of esters is 2. The first-order valence-corrected chi connectivity index (χ1v) is 10.1. The standard InChI is InChI=1S/C20H23NO6S/c1-20(2,3)21-28(24,25)17-11-9-16(10-12-17)19(23)27-14-13-26-18(22)15-7-5-4-6-8-15/h4-12,21H,13-14H2,1-3H3. The molecule has 0 saturated carbocycles. The number of rotatable bonds is 7. The van der Waals surface area contributed by atoms with Crippen molar-refractivity contribution in [2.24, 2.45) is 0 Å². The van der Waals surface area contributed by atoms with Gasteiger partial charge < -0.3 is 9.47 Å². The lowest BCUT2D eigenvalue weighted by atomic mass is 10.1. The van der Waals surface area contributed by atoms with Crippen molar-refractivity contribution in [2.45, 2.75) is 31.2 Å². The Morgan fingerprint density at radius 2 is 1.29 bits per heavy atom. The van der Waals surface area contributed by atoms with E-state index in [1.165, 1.54) is 24.3 Å². The first kappa shape index (κ1) is 21.6. The second-order valence-electron chi connectivity index (χ2n) is 7.02. The van der Waals surface area contributed by atoms with Crippen LogP contribution in [0.4, 0.5) is 0 Å². The summed E-state index contributed by atoms with van der Waals surface area (Å²) in [6, 6.07) is 13.9. The molecule has 28 heavy (non-hydrogen) atoms. The van der Waals surface area contributed by atoms with Crippen LogP contribution >= 0.6 is 0 Å². The van der Waals surface area contributed by atoms with Crippen LogP contribution in [0.1, 0.15) is 41.5 Å². The van der Waals surface area contributed by atoms with Crippen LogP contribution in [0.3, 0.4) is 0 Å². The minimum Gasteiger partial charge on any atom is -0.458 e. The highest BCUT2D eigenvalue weighted by Gasteiger charge is 2.22. The Hall–Kier alpha value is -2.71. The highest BCUT2D eigenvalue weighted by Crippen LogP contribution is 2.14. The van der Waals surface area contributed by atoms with Crippen molar-refractivity contribution < 1.29 is 27.5 Å². The molecular weight excluding hydrogens is 382 g/mol. The lowest BCUT2D eigenvalue weighted by Gasteiger charge is -2.20. The van der Waals surface area contributed by atoms with Crippen LogP contribution in [-0.4, -0.2) is 39.1 Å². The third-order valence-corrected chi connectivity index (χ3v) is 5.17. The number of hydrogen-bond donors (Lipinski definition) is 1. The maximum atomic E-state index is 12.2. The van der Waals surface area contributed by atoms with Crippen molar-refractivity contribution in [3.63, 3.8) is 0 Å². The molecule has 0 unspecified atom stereocenters. The largest absolute Gasteiger partial charge is 0.458 e. The van der Waals surface area contributed by atoms with Gasteiger partial charge in [-0.2, -0.15) is 0 Å². The van der Waals surface area contributed by atoms with Crippen LogP contribution in [0.5, 0.6) is 0 Å². The van der Waals surface area contributed by atoms with Crippen molar-refractivity contribution in [2.75, 3.05) is 13.2 Å². The molecule has 0 aliphatic rings. The van der Waals surface area contributed by atoms with Gasteiger partial charge >= 0.3 is 11.9 Å². The lowest BCUT2D eigenvalue weighted by Crippen LogP contribution is -2.40. The molecule has 150 valence electrons. The molecule has 0 spiro atoms. The van der Waals surface area contributed by atoms with E-state index in [-0.39, 0.29) is 23.7 Å². The highest BCUT2D eigenvalue weighted by molar-refractivity contribution is 7.89. The van der Waals surface area contributed by atoms with Crippen LogP contribution in [0.15, 0.2) is 59.5 Å². The topological polar surface area (TPSA) is 98.8 Å². The molecule has 0 fully saturated rings. The summed E-state index contributed by atoms with van der Waals surface area (Å²) < 4.78 is 37.1. The molecule has 2 aromatic rings. The molecule has 0 aliphatic heterocycles. The molecule has 8 heteroatoms. The lowest BCUT2D eigenvalue weighted by molar-refractivity contribution is 0.0265. The Bertz CT molecular complexity index is 915. The summed E-state index contributed by atoms with van der Waals surface area (Å²) in [7, 11) is -3.68. The summed E-state index contributed by atoms with van der Waals surface area (Å²) in [5.41, 5.74) is -0.00764. The smallest absolute Gasteiger partial charge is 0.338 e. The van der Waals surface area contributed by atoms with Gasteiger partial charge in [0.05, 0.1) is 16.0 Å². The Morgan fingerprint density at radius 1 is 0.821 bits per heavy atom. The van der Waals surface area contributed by atoms with Crippen molar-refractivity contribution >= 4 is 22.0 Å². The summed E-state index contributed by atoms with van der Waals surface area (Å²) in [6.45, 7) is 5.02. The molecule has 0 bridgehead atoms. The van der Waals surface area contributed by atoms with Crippen LogP contribution in [0.25, 0.3) is 0 Å². The van der Waals surface area contributed by atoms with E-state index in [4.69, 9.17) is 9.47 Å². The molecule has 0 radical (unpaired) electrons. The molecule has 2 rings (SSSR count). The maximum Gasteiger partial charge on any atom is 0.338 e. The Balaban J connectivity index is 1.85. The van der Waals surface area contributed by atoms with Crippen molar-refractivity contribution in [3.8, 4) is 0 Å². The van der Waals surface area contributed by atoms with E-state index in [0.717, 1.165) is 0 Å². The van der Waals surface area contributed by atoms with E-state index in [9.17, 15) is 18.0 Å². The highest BCUT2D eigenvalue weighted by atomic mass is 32.2. The van der Waals surface area contributed by atoms with Gasteiger partial charge in [0, 0.05) is 5.54 Å². The number of ether oxygens (including phenoxy) is 2. The minimum absolute atomic E-state index is 0.0516. The van der Waals surface area contributed by atoms with Gasteiger partial charge in [0.25, 0.3) is 0 Å². The first-order valence-electron chi connectivity index (χ1n) is 8.62. The third-order valence-electron chi connectivity index (χ3n) is 3.40. The molecule has 1 N–H and O–H groups in total. The number of sulfonamides is 1. The normalized spacial score (nSPS) is 11.7. The number of nitrogens with one attached hydrogen (secondary N) is 1. The van der Waals surface area contributed by atoms with Crippen LogP contribution < -0.4 is 4.72 Å². The Morgan fingerprint density at radius 3 is 1.75 bits per heavy atom. The molecular formula is C20H23NO6S. The van der Waals surface area contributed by atoms with E-state index < -0.39 is 27.5 Å². The van der Waals surface area contributed by atoms with Gasteiger partial charge in [-0.3, -0.25) is 0 Å². The molecule has 2 aromatic carbocycles. The summed E-state index contributed by atoms with van der Waals surface area (Å²) in [5, 5.41) is 0. The van der Waals surface area contributed by atoms with Gasteiger partial charge in [0.2, 0.25) is 10.0 Å². The van der Waals surface area contributed by atoms with E-state index >= 15 is 0 Å². The van der Waals surface area contributed by atoms with Gasteiger partial charge in [0.15, 0.2) is 0 Å². The molecule has 0 heterocycles. The predicted octanol–water partition coefficient (Wildman–Crippen LogP) is 2.78. The molecule has 0 atom stereocenters. The van der Waals surface area contributed by atoms with E-state index in [0.29, 0.717) is 5.56 Å². The van der Waals surface area contributed by atoms with Gasteiger partial charge in [-0.25, -0.2) is 22.7 Å². The molecule has 7 nitrogen and oxygen atoms in total. The summed E-state index contributed by atoms with van der Waals surface area (Å²) >= 11 is 0. The van der Waals surface area contributed by atoms with E-state index in [2.05, 4.69) is 4.72 Å². The fourth-order valence-electron chi connectivity index (χ4n) is 2.24. The average Bonchev–Trinajstić information content (AvgIpc) is 2.64. The average molecular weight is 405 g/mol. The number of hydrogen-bond acceptors (Lipinski definition) is 6. The Kier molecular flexibility index (Phi) is 6.93. The fourth-order valence-corrected chi connectivity index (χ4v) is 3.66. The van der Waals surface area contributed by atoms with Crippen molar-refractivity contribution in [1.82, 2.24) is 4.72 Å². The Labute approximate surface area is 164 Å². The van der Waals surface area contributed by atoms with Crippen LogP contribution in [0, 0.1) is 0 Å². The SMILES string of the molecule is CC(C)(C)NS(=O)(=O)c1ccc(C(=O)OCCOC(=O)c2ccccc2)cc1. The second-order valence-corrected chi connectivity index (χ2v) is 8.70. The zero-order valence-electron chi connectivity index (χ0n) is 16.0. The molecule has 0 saturated heterocycles. The summed E-state index contributed by atoms with van der Waals surface area (Å²) in [6.07, 6.45) is 0. The van der Waals surface area contributed by atoms with Gasteiger partial charge in [-0.05, 0) is 57.2 Å². The fraction of sp³-hybridized carbons (Fsp3) is 0.300. The van der Waals surface area contributed by atoms with Gasteiger partial charge in [-0.1, -0.05) is 18.2 Å². The van der Waals surface area contributed by atoms with Crippen LogP contribution in [-0.2, 0) is 19.5 Å². The number of carbonyl (C=O) groups is 2. The van der Waals surface area contributed by atoms with Gasteiger partial charge in [-0.15, -0.1) is 0 Å².